The molecule has 0 aliphatic heterocycles. The monoisotopic (exact) mass is 263 g/mol. The molecule has 2 aromatic rings. The van der Waals surface area contributed by atoms with Gasteiger partial charge in [-0.05, 0) is 13.3 Å². The highest BCUT2D eigenvalue weighted by Crippen LogP contribution is 2.14. The van der Waals surface area contributed by atoms with E-state index in [4.69, 9.17) is 5.11 Å². The second kappa shape index (κ2) is 5.64. The van der Waals surface area contributed by atoms with Crippen molar-refractivity contribution in [3.63, 3.8) is 0 Å². The molecule has 0 aromatic carbocycles. The third-order valence-electron chi connectivity index (χ3n) is 2.79. The Labute approximate surface area is 110 Å². The molecule has 0 aliphatic carbocycles. The van der Waals surface area contributed by atoms with Gasteiger partial charge in [-0.1, -0.05) is 13.3 Å². The van der Waals surface area contributed by atoms with Crippen LogP contribution in [-0.4, -0.2) is 36.7 Å². The van der Waals surface area contributed by atoms with Crippen LogP contribution in [0.15, 0.2) is 12.4 Å². The van der Waals surface area contributed by atoms with Crippen LogP contribution in [0, 0.1) is 6.92 Å². The van der Waals surface area contributed by atoms with Gasteiger partial charge in [-0.15, -0.1) is 0 Å². The number of hydrogen-bond acceptors (Lipinski definition) is 5. The third kappa shape index (κ3) is 3.18. The standard InChI is InChI=1S/C12H17N5O2/c1-3-4-9(6-11(18)19)16-10-5-8(2)15-12-13-7-14-17(10)12/h5,7,9,16H,3-4,6H2,1-2H3,(H,18,19). The van der Waals surface area contributed by atoms with Crippen molar-refractivity contribution in [1.82, 2.24) is 19.6 Å². The highest BCUT2D eigenvalue weighted by molar-refractivity contribution is 5.68. The van der Waals surface area contributed by atoms with Gasteiger partial charge < -0.3 is 10.4 Å². The summed E-state index contributed by atoms with van der Waals surface area (Å²) >= 11 is 0. The van der Waals surface area contributed by atoms with Crippen molar-refractivity contribution in [2.75, 3.05) is 5.32 Å². The quantitative estimate of drug-likeness (QED) is 0.820. The lowest BCUT2D eigenvalue weighted by molar-refractivity contribution is -0.137. The molecular weight excluding hydrogens is 246 g/mol. The molecule has 2 aromatic heterocycles. The van der Waals surface area contributed by atoms with E-state index in [2.05, 4.69) is 20.4 Å². The molecule has 0 radical (unpaired) electrons. The van der Waals surface area contributed by atoms with E-state index in [1.807, 2.05) is 19.9 Å². The van der Waals surface area contributed by atoms with E-state index in [-0.39, 0.29) is 12.5 Å². The summed E-state index contributed by atoms with van der Waals surface area (Å²) in [4.78, 5) is 19.2. The number of carboxylic acids is 1. The van der Waals surface area contributed by atoms with Gasteiger partial charge in [-0.25, -0.2) is 4.98 Å². The zero-order chi connectivity index (χ0) is 13.8. The topological polar surface area (TPSA) is 92.4 Å². The Morgan fingerprint density at radius 1 is 1.58 bits per heavy atom. The van der Waals surface area contributed by atoms with Crippen molar-refractivity contribution in [3.8, 4) is 0 Å². The first kappa shape index (κ1) is 13.3. The van der Waals surface area contributed by atoms with E-state index in [0.29, 0.717) is 5.78 Å². The van der Waals surface area contributed by atoms with Crippen LogP contribution < -0.4 is 5.32 Å². The number of rotatable bonds is 6. The summed E-state index contributed by atoms with van der Waals surface area (Å²) in [5.74, 6) is 0.416. The summed E-state index contributed by atoms with van der Waals surface area (Å²) in [7, 11) is 0. The number of carboxylic acid groups (broad SMARTS) is 1. The van der Waals surface area contributed by atoms with Crippen LogP contribution in [0.1, 0.15) is 31.9 Å². The molecule has 0 bridgehead atoms. The summed E-state index contributed by atoms with van der Waals surface area (Å²) in [6.45, 7) is 3.89. The predicted octanol–water partition coefficient (Wildman–Crippen LogP) is 1.49. The largest absolute Gasteiger partial charge is 0.481 e. The number of nitrogens with zero attached hydrogens (tertiary/aromatic N) is 4. The predicted molar refractivity (Wildman–Crippen MR) is 70.1 cm³/mol. The first-order chi connectivity index (χ1) is 9.10. The molecule has 102 valence electrons. The average molecular weight is 263 g/mol. The maximum atomic E-state index is 10.9. The molecule has 2 N–H and O–H groups in total. The van der Waals surface area contributed by atoms with E-state index < -0.39 is 5.97 Å². The van der Waals surface area contributed by atoms with Gasteiger partial charge in [-0.2, -0.15) is 14.6 Å². The summed E-state index contributed by atoms with van der Waals surface area (Å²) < 4.78 is 1.58. The first-order valence-corrected chi connectivity index (χ1v) is 6.26. The van der Waals surface area contributed by atoms with Gasteiger partial charge in [0.25, 0.3) is 5.78 Å². The second-order valence-corrected chi connectivity index (χ2v) is 4.48. The Morgan fingerprint density at radius 2 is 2.37 bits per heavy atom. The number of aliphatic carboxylic acids is 1. The van der Waals surface area contributed by atoms with Crippen LogP contribution in [-0.2, 0) is 4.79 Å². The second-order valence-electron chi connectivity index (χ2n) is 4.48. The fraction of sp³-hybridized carbons (Fsp3) is 0.500. The van der Waals surface area contributed by atoms with Gasteiger partial charge in [0.2, 0.25) is 0 Å². The Hall–Kier alpha value is -2.18. The van der Waals surface area contributed by atoms with Crippen LogP contribution in [0.5, 0.6) is 0 Å². The lowest BCUT2D eigenvalue weighted by atomic mass is 10.1. The van der Waals surface area contributed by atoms with Gasteiger partial charge in [0.15, 0.2) is 0 Å². The number of aryl methyl sites for hydroxylation is 1. The minimum absolute atomic E-state index is 0.0748. The molecule has 1 atom stereocenters. The number of carbonyl (C=O) groups is 1. The van der Waals surface area contributed by atoms with E-state index >= 15 is 0 Å². The summed E-state index contributed by atoms with van der Waals surface area (Å²) in [6.07, 6.45) is 3.20. The molecular formula is C12H17N5O2. The number of nitrogens with one attached hydrogen (secondary N) is 1. The van der Waals surface area contributed by atoms with Gasteiger partial charge in [0, 0.05) is 17.8 Å². The molecule has 2 heterocycles. The molecule has 0 saturated carbocycles. The maximum absolute atomic E-state index is 10.9. The molecule has 7 heteroatoms. The van der Waals surface area contributed by atoms with E-state index in [1.165, 1.54) is 6.33 Å². The van der Waals surface area contributed by atoms with Crippen molar-refractivity contribution >= 4 is 17.6 Å². The van der Waals surface area contributed by atoms with Crippen LogP contribution in [0.4, 0.5) is 5.82 Å². The van der Waals surface area contributed by atoms with Crippen molar-refractivity contribution in [2.45, 2.75) is 39.2 Å². The molecule has 0 saturated heterocycles. The van der Waals surface area contributed by atoms with Crippen molar-refractivity contribution in [1.29, 1.82) is 0 Å². The van der Waals surface area contributed by atoms with Crippen LogP contribution in [0.3, 0.4) is 0 Å². The van der Waals surface area contributed by atoms with E-state index in [0.717, 1.165) is 24.4 Å². The highest BCUT2D eigenvalue weighted by Gasteiger charge is 2.14. The normalized spacial score (nSPS) is 12.5. The smallest absolute Gasteiger partial charge is 0.305 e. The van der Waals surface area contributed by atoms with Crippen LogP contribution in [0.2, 0.25) is 0 Å². The zero-order valence-corrected chi connectivity index (χ0v) is 11.0. The van der Waals surface area contributed by atoms with Gasteiger partial charge in [0.05, 0.1) is 6.42 Å². The Morgan fingerprint density at radius 3 is 3.05 bits per heavy atom. The molecule has 0 amide bonds. The molecule has 7 nitrogen and oxygen atoms in total. The lowest BCUT2D eigenvalue weighted by Crippen LogP contribution is -2.24. The summed E-state index contributed by atoms with van der Waals surface area (Å²) in [5, 5.41) is 16.2. The number of hydrogen-bond donors (Lipinski definition) is 2. The first-order valence-electron chi connectivity index (χ1n) is 6.26. The van der Waals surface area contributed by atoms with Crippen LogP contribution in [0.25, 0.3) is 5.78 Å². The Bertz CT molecular complexity index is 581. The van der Waals surface area contributed by atoms with Crippen molar-refractivity contribution in [2.24, 2.45) is 0 Å². The summed E-state index contributed by atoms with van der Waals surface area (Å²) in [5.41, 5.74) is 0.813. The van der Waals surface area contributed by atoms with E-state index in [9.17, 15) is 4.79 Å². The molecule has 0 spiro atoms. The third-order valence-corrected chi connectivity index (χ3v) is 2.79. The maximum Gasteiger partial charge on any atom is 0.305 e. The van der Waals surface area contributed by atoms with Gasteiger partial charge in [0.1, 0.15) is 12.1 Å². The minimum atomic E-state index is -0.813. The highest BCUT2D eigenvalue weighted by atomic mass is 16.4. The van der Waals surface area contributed by atoms with Crippen molar-refractivity contribution in [3.05, 3.63) is 18.1 Å². The Balaban J connectivity index is 2.27. The lowest BCUT2D eigenvalue weighted by Gasteiger charge is -2.18. The number of fused-ring (bicyclic) bond motifs is 1. The molecule has 19 heavy (non-hydrogen) atoms. The summed E-state index contributed by atoms with van der Waals surface area (Å²) in [6, 6.07) is 1.71. The minimum Gasteiger partial charge on any atom is -0.481 e. The molecule has 2 rings (SSSR count). The SMILES string of the molecule is CCCC(CC(=O)O)Nc1cc(C)nc2ncnn12. The number of anilines is 1. The average Bonchev–Trinajstić information content (AvgIpc) is 2.76. The Kier molecular flexibility index (Phi) is 3.94. The van der Waals surface area contributed by atoms with Gasteiger partial charge >= 0.3 is 5.97 Å². The zero-order valence-electron chi connectivity index (χ0n) is 11.0. The molecule has 0 fully saturated rings. The van der Waals surface area contributed by atoms with Crippen molar-refractivity contribution < 1.29 is 9.90 Å². The fourth-order valence-corrected chi connectivity index (χ4v) is 2.03. The molecule has 0 aliphatic rings. The van der Waals surface area contributed by atoms with Crippen LogP contribution >= 0.6 is 0 Å². The number of aromatic nitrogens is 4. The van der Waals surface area contributed by atoms with Gasteiger partial charge in [-0.3, -0.25) is 4.79 Å². The fourth-order valence-electron chi connectivity index (χ4n) is 2.03. The van der Waals surface area contributed by atoms with E-state index in [1.54, 1.807) is 4.52 Å². The molecule has 1 unspecified atom stereocenters.